The van der Waals surface area contributed by atoms with Gasteiger partial charge >= 0.3 is 12.0 Å². The van der Waals surface area contributed by atoms with Gasteiger partial charge in [0.1, 0.15) is 11.9 Å². The molecule has 114 valence electrons. The second-order valence-corrected chi connectivity index (χ2v) is 5.03. The van der Waals surface area contributed by atoms with E-state index in [4.69, 9.17) is 21.4 Å². The number of hydrogen-bond acceptors (Lipinski definition) is 3. The van der Waals surface area contributed by atoms with Gasteiger partial charge in [0.2, 0.25) is 0 Å². The van der Waals surface area contributed by atoms with E-state index in [1.165, 1.54) is 19.2 Å². The number of benzene rings is 1. The van der Waals surface area contributed by atoms with Crippen molar-refractivity contribution in [2.75, 3.05) is 19.0 Å². The molecular weight excluding hydrogens is 303 g/mol. The average molecular weight is 317 g/mol. The number of carbonyl (C=O) groups is 2. The van der Waals surface area contributed by atoms with Gasteiger partial charge in [-0.2, -0.15) is 0 Å². The van der Waals surface area contributed by atoms with Crippen LogP contribution in [0.2, 0.25) is 5.02 Å². The number of likely N-dealkylation sites (tertiary alicyclic amines) is 1. The van der Waals surface area contributed by atoms with Crippen molar-refractivity contribution in [1.29, 1.82) is 0 Å². The van der Waals surface area contributed by atoms with Crippen molar-refractivity contribution < 1.29 is 23.8 Å². The standard InChI is InChI=1S/C13H14ClFN2O4/c1-21-7-5-10(12(18)19)17(6-7)13(20)16-11-8(14)3-2-4-9(11)15/h2-4,7,10H,5-6H2,1H3,(H,16,20)(H,18,19). The fourth-order valence-corrected chi connectivity index (χ4v) is 2.43. The first-order chi connectivity index (χ1) is 9.93. The van der Waals surface area contributed by atoms with Crippen molar-refractivity contribution in [3.05, 3.63) is 29.0 Å². The Labute approximate surface area is 125 Å². The molecule has 1 aliphatic heterocycles. The quantitative estimate of drug-likeness (QED) is 0.896. The molecule has 6 nitrogen and oxygen atoms in total. The maximum Gasteiger partial charge on any atom is 0.326 e. The number of ether oxygens (including phenoxy) is 1. The van der Waals surface area contributed by atoms with Crippen LogP contribution in [0, 0.1) is 5.82 Å². The molecule has 2 rings (SSSR count). The number of nitrogens with one attached hydrogen (secondary N) is 1. The van der Waals surface area contributed by atoms with Crippen molar-refractivity contribution in [2.45, 2.75) is 18.6 Å². The van der Waals surface area contributed by atoms with Crippen LogP contribution >= 0.6 is 11.6 Å². The number of nitrogens with zero attached hydrogens (tertiary/aromatic N) is 1. The fraction of sp³-hybridized carbons (Fsp3) is 0.385. The lowest BCUT2D eigenvalue weighted by Gasteiger charge is -2.22. The highest BCUT2D eigenvalue weighted by molar-refractivity contribution is 6.33. The predicted molar refractivity (Wildman–Crippen MR) is 74.0 cm³/mol. The summed E-state index contributed by atoms with van der Waals surface area (Å²) >= 11 is 5.82. The Bertz CT molecular complexity index is 549. The second kappa shape index (κ2) is 6.28. The third kappa shape index (κ3) is 3.25. The minimum absolute atomic E-state index is 0.0395. The summed E-state index contributed by atoms with van der Waals surface area (Å²) in [5, 5.41) is 11.5. The Kier molecular flexibility index (Phi) is 4.64. The molecule has 2 atom stereocenters. The molecule has 21 heavy (non-hydrogen) atoms. The molecule has 0 spiro atoms. The van der Waals surface area contributed by atoms with Crippen LogP contribution in [0.3, 0.4) is 0 Å². The number of halogens is 2. The summed E-state index contributed by atoms with van der Waals surface area (Å²) in [5.74, 6) is -1.82. The highest BCUT2D eigenvalue weighted by atomic mass is 35.5. The number of hydrogen-bond donors (Lipinski definition) is 2. The van der Waals surface area contributed by atoms with E-state index in [9.17, 15) is 14.0 Å². The lowest BCUT2D eigenvalue weighted by molar-refractivity contribution is -0.141. The maximum atomic E-state index is 13.6. The molecule has 2 amide bonds. The molecule has 0 bridgehead atoms. The molecule has 0 aromatic heterocycles. The molecule has 1 aliphatic rings. The van der Waals surface area contributed by atoms with E-state index in [2.05, 4.69) is 5.32 Å². The van der Waals surface area contributed by atoms with Crippen LogP contribution in [0.4, 0.5) is 14.9 Å². The van der Waals surface area contributed by atoms with Gasteiger partial charge in [0, 0.05) is 20.1 Å². The number of carboxylic acids is 1. The lowest BCUT2D eigenvalue weighted by Crippen LogP contribution is -2.43. The zero-order chi connectivity index (χ0) is 15.6. The average Bonchev–Trinajstić information content (AvgIpc) is 2.87. The van der Waals surface area contributed by atoms with Crippen LogP contribution in [0.25, 0.3) is 0 Å². The van der Waals surface area contributed by atoms with Crippen LogP contribution in [0.5, 0.6) is 0 Å². The number of carbonyl (C=O) groups excluding carboxylic acids is 1. The van der Waals surface area contributed by atoms with Gasteiger partial charge < -0.3 is 20.1 Å². The topological polar surface area (TPSA) is 78.9 Å². The van der Waals surface area contributed by atoms with Crippen LogP contribution < -0.4 is 5.32 Å². The van der Waals surface area contributed by atoms with Gasteiger partial charge in [0.15, 0.2) is 0 Å². The molecule has 2 unspecified atom stereocenters. The van der Waals surface area contributed by atoms with E-state index in [-0.39, 0.29) is 29.8 Å². The molecule has 0 saturated carbocycles. The van der Waals surface area contributed by atoms with E-state index in [1.54, 1.807) is 0 Å². The predicted octanol–water partition coefficient (Wildman–Crippen LogP) is 2.18. The molecule has 0 radical (unpaired) electrons. The maximum absolute atomic E-state index is 13.6. The van der Waals surface area contributed by atoms with Crippen molar-refractivity contribution in [3.8, 4) is 0 Å². The molecule has 1 aromatic rings. The Morgan fingerprint density at radius 1 is 1.52 bits per heavy atom. The summed E-state index contributed by atoms with van der Waals surface area (Å²) in [6.07, 6.45) is -0.183. The number of para-hydroxylation sites is 1. The molecule has 0 aliphatic carbocycles. The van der Waals surface area contributed by atoms with Crippen molar-refractivity contribution >= 4 is 29.3 Å². The van der Waals surface area contributed by atoms with Gasteiger partial charge in [-0.05, 0) is 12.1 Å². The van der Waals surface area contributed by atoms with Gasteiger partial charge in [-0.25, -0.2) is 14.0 Å². The Balaban J connectivity index is 2.17. The van der Waals surface area contributed by atoms with Gasteiger partial charge in [0.05, 0.1) is 16.8 Å². The molecular formula is C13H14ClFN2O4. The summed E-state index contributed by atoms with van der Waals surface area (Å²) in [6.45, 7) is 0.116. The highest BCUT2D eigenvalue weighted by Crippen LogP contribution is 2.27. The Morgan fingerprint density at radius 3 is 2.81 bits per heavy atom. The third-order valence-corrected chi connectivity index (χ3v) is 3.65. The molecule has 2 N–H and O–H groups in total. The largest absolute Gasteiger partial charge is 0.480 e. The lowest BCUT2D eigenvalue weighted by atomic mass is 10.2. The van der Waals surface area contributed by atoms with E-state index in [0.29, 0.717) is 0 Å². The molecule has 1 heterocycles. The SMILES string of the molecule is COC1CC(C(=O)O)N(C(=O)Nc2c(F)cccc2Cl)C1. The minimum Gasteiger partial charge on any atom is -0.480 e. The zero-order valence-corrected chi connectivity index (χ0v) is 11.9. The number of amides is 2. The number of methoxy groups -OCH3 is 1. The summed E-state index contributed by atoms with van der Waals surface area (Å²) in [6, 6.07) is 2.24. The summed E-state index contributed by atoms with van der Waals surface area (Å²) in [7, 11) is 1.44. The van der Waals surface area contributed by atoms with Crippen LogP contribution in [-0.4, -0.2) is 47.8 Å². The first-order valence-electron chi connectivity index (χ1n) is 6.21. The van der Waals surface area contributed by atoms with Crippen LogP contribution in [0.15, 0.2) is 18.2 Å². The first kappa shape index (κ1) is 15.5. The normalized spacial score (nSPS) is 21.4. The number of rotatable bonds is 3. The van der Waals surface area contributed by atoms with Crippen LogP contribution in [-0.2, 0) is 9.53 Å². The summed E-state index contributed by atoms with van der Waals surface area (Å²) in [4.78, 5) is 24.4. The number of urea groups is 1. The smallest absolute Gasteiger partial charge is 0.326 e. The third-order valence-electron chi connectivity index (χ3n) is 3.34. The minimum atomic E-state index is -1.13. The van der Waals surface area contributed by atoms with Gasteiger partial charge in [-0.15, -0.1) is 0 Å². The van der Waals surface area contributed by atoms with E-state index < -0.39 is 23.9 Å². The number of carboxylic acid groups (broad SMARTS) is 1. The molecule has 1 aromatic carbocycles. The van der Waals surface area contributed by atoms with Crippen molar-refractivity contribution in [2.24, 2.45) is 0 Å². The van der Waals surface area contributed by atoms with E-state index in [1.807, 2.05) is 0 Å². The van der Waals surface area contributed by atoms with Gasteiger partial charge in [-0.3, -0.25) is 0 Å². The number of aliphatic carboxylic acids is 1. The fourth-order valence-electron chi connectivity index (χ4n) is 2.22. The Hall–Kier alpha value is -1.86. The van der Waals surface area contributed by atoms with Gasteiger partial charge in [-0.1, -0.05) is 17.7 Å². The van der Waals surface area contributed by atoms with E-state index in [0.717, 1.165) is 11.0 Å². The number of anilines is 1. The van der Waals surface area contributed by atoms with Crippen molar-refractivity contribution in [3.63, 3.8) is 0 Å². The molecule has 1 saturated heterocycles. The van der Waals surface area contributed by atoms with E-state index >= 15 is 0 Å². The second-order valence-electron chi connectivity index (χ2n) is 4.63. The summed E-state index contributed by atoms with van der Waals surface area (Å²) in [5.41, 5.74) is -0.172. The monoisotopic (exact) mass is 316 g/mol. The van der Waals surface area contributed by atoms with Crippen molar-refractivity contribution in [1.82, 2.24) is 4.90 Å². The zero-order valence-electron chi connectivity index (χ0n) is 11.2. The molecule has 8 heteroatoms. The first-order valence-corrected chi connectivity index (χ1v) is 6.59. The van der Waals surface area contributed by atoms with Gasteiger partial charge in [0.25, 0.3) is 0 Å². The highest BCUT2D eigenvalue weighted by Gasteiger charge is 2.40. The molecule has 1 fully saturated rings. The summed E-state index contributed by atoms with van der Waals surface area (Å²) < 4.78 is 18.7. The van der Waals surface area contributed by atoms with Crippen LogP contribution in [0.1, 0.15) is 6.42 Å². The Morgan fingerprint density at radius 2 is 2.24 bits per heavy atom.